The van der Waals surface area contributed by atoms with E-state index in [0.717, 1.165) is 30.4 Å². The van der Waals surface area contributed by atoms with Crippen LogP contribution >= 0.6 is 11.6 Å². The second-order valence-corrected chi connectivity index (χ2v) is 5.00. The van der Waals surface area contributed by atoms with Crippen molar-refractivity contribution in [3.05, 3.63) is 45.7 Å². The first-order valence-corrected chi connectivity index (χ1v) is 6.53. The van der Waals surface area contributed by atoms with E-state index in [2.05, 4.69) is 0 Å². The van der Waals surface area contributed by atoms with E-state index >= 15 is 0 Å². The summed E-state index contributed by atoms with van der Waals surface area (Å²) in [6, 6.07) is 9.19. The number of hydrogen-bond donors (Lipinski definition) is 0. The molecule has 1 saturated heterocycles. The van der Waals surface area contributed by atoms with Crippen LogP contribution < -0.4 is 5.56 Å². The molecule has 1 fully saturated rings. The Bertz CT molecular complexity index is 629. The predicted octanol–water partition coefficient (Wildman–Crippen LogP) is 2.83. The summed E-state index contributed by atoms with van der Waals surface area (Å²) in [5, 5.41) is 1.43. The van der Waals surface area contributed by atoms with Gasteiger partial charge in [-0.1, -0.05) is 29.8 Å². The number of fused-ring (bicyclic) bond motifs is 1. The normalized spacial score (nSPS) is 19.5. The van der Waals surface area contributed by atoms with Crippen molar-refractivity contribution in [2.45, 2.75) is 25.5 Å². The smallest absolute Gasteiger partial charge is 0.252 e. The number of pyridine rings is 1. The fourth-order valence-corrected chi connectivity index (χ4v) is 2.73. The van der Waals surface area contributed by atoms with Crippen LogP contribution in [0.25, 0.3) is 10.9 Å². The molecule has 1 aromatic carbocycles. The predicted molar refractivity (Wildman–Crippen MR) is 72.2 cm³/mol. The van der Waals surface area contributed by atoms with Gasteiger partial charge in [-0.05, 0) is 18.9 Å². The minimum Gasteiger partial charge on any atom is -0.376 e. The van der Waals surface area contributed by atoms with E-state index in [4.69, 9.17) is 16.3 Å². The molecule has 0 saturated carbocycles. The van der Waals surface area contributed by atoms with Gasteiger partial charge >= 0.3 is 0 Å². The molecule has 4 heteroatoms. The first kappa shape index (κ1) is 11.8. The third-order valence-electron chi connectivity index (χ3n) is 3.38. The Morgan fingerprint density at radius 3 is 3.00 bits per heavy atom. The Morgan fingerprint density at radius 2 is 2.22 bits per heavy atom. The van der Waals surface area contributed by atoms with E-state index < -0.39 is 0 Å². The van der Waals surface area contributed by atoms with Gasteiger partial charge in [0.25, 0.3) is 5.56 Å². The molecule has 0 radical (unpaired) electrons. The second-order valence-electron chi connectivity index (χ2n) is 4.59. The fourth-order valence-electron chi connectivity index (χ4n) is 2.47. The van der Waals surface area contributed by atoms with Gasteiger partial charge in [0.15, 0.2) is 0 Å². The summed E-state index contributed by atoms with van der Waals surface area (Å²) >= 11 is 6.11. The number of ether oxygens (including phenoxy) is 1. The Kier molecular flexibility index (Phi) is 3.10. The first-order chi connectivity index (χ1) is 8.75. The van der Waals surface area contributed by atoms with Crippen LogP contribution in [0.2, 0.25) is 5.02 Å². The molecule has 18 heavy (non-hydrogen) atoms. The largest absolute Gasteiger partial charge is 0.376 e. The van der Waals surface area contributed by atoms with Crippen LogP contribution in [-0.2, 0) is 11.3 Å². The SMILES string of the molecule is O=c1cc(Cl)c2ccccc2n1CC1CCCO1. The van der Waals surface area contributed by atoms with Gasteiger partial charge in [0.2, 0.25) is 0 Å². The van der Waals surface area contributed by atoms with Crippen LogP contribution in [0.5, 0.6) is 0 Å². The molecule has 0 N–H and O–H groups in total. The molecule has 0 bridgehead atoms. The number of aromatic nitrogens is 1. The topological polar surface area (TPSA) is 31.2 Å². The molecule has 94 valence electrons. The molecule has 2 heterocycles. The Labute approximate surface area is 110 Å². The maximum absolute atomic E-state index is 12.1. The number of halogens is 1. The van der Waals surface area contributed by atoms with Crippen LogP contribution in [0.15, 0.2) is 35.1 Å². The van der Waals surface area contributed by atoms with Gasteiger partial charge < -0.3 is 9.30 Å². The molecule has 0 aliphatic carbocycles. The van der Waals surface area contributed by atoms with Crippen molar-refractivity contribution in [3.8, 4) is 0 Å². The molecule has 2 aromatic rings. The van der Waals surface area contributed by atoms with Gasteiger partial charge in [-0.15, -0.1) is 0 Å². The lowest BCUT2D eigenvalue weighted by Gasteiger charge is -2.15. The lowest BCUT2D eigenvalue weighted by atomic mass is 10.2. The van der Waals surface area contributed by atoms with E-state index in [9.17, 15) is 4.79 Å². The monoisotopic (exact) mass is 263 g/mol. The number of para-hydroxylation sites is 1. The fraction of sp³-hybridized carbons (Fsp3) is 0.357. The van der Waals surface area contributed by atoms with E-state index in [1.807, 2.05) is 24.3 Å². The average molecular weight is 264 g/mol. The molecule has 0 amide bonds. The molecular formula is C14H14ClNO2. The van der Waals surface area contributed by atoms with Gasteiger partial charge in [-0.25, -0.2) is 0 Å². The standard InChI is InChI=1S/C14H14ClNO2/c15-12-8-14(17)16(9-10-4-3-7-18-10)13-6-2-1-5-11(12)13/h1-2,5-6,8,10H,3-4,7,9H2. The third kappa shape index (κ3) is 2.04. The van der Waals surface area contributed by atoms with Gasteiger partial charge in [0.05, 0.1) is 23.2 Å². The van der Waals surface area contributed by atoms with E-state index in [0.29, 0.717) is 11.6 Å². The third-order valence-corrected chi connectivity index (χ3v) is 3.69. The number of nitrogens with zero attached hydrogens (tertiary/aromatic N) is 1. The molecule has 1 aliphatic heterocycles. The molecule has 1 aliphatic rings. The van der Waals surface area contributed by atoms with Crippen LogP contribution in [0.4, 0.5) is 0 Å². The Balaban J connectivity index is 2.12. The van der Waals surface area contributed by atoms with Crippen molar-refractivity contribution in [3.63, 3.8) is 0 Å². The van der Waals surface area contributed by atoms with Crippen molar-refractivity contribution >= 4 is 22.5 Å². The summed E-state index contributed by atoms with van der Waals surface area (Å²) in [5.41, 5.74) is 0.819. The van der Waals surface area contributed by atoms with Gasteiger partial charge in [0.1, 0.15) is 0 Å². The number of rotatable bonds is 2. The van der Waals surface area contributed by atoms with Crippen LogP contribution in [-0.4, -0.2) is 17.3 Å². The van der Waals surface area contributed by atoms with Crippen molar-refractivity contribution in [1.82, 2.24) is 4.57 Å². The molecule has 3 rings (SSSR count). The Hall–Kier alpha value is -1.32. The number of hydrogen-bond acceptors (Lipinski definition) is 2. The molecular weight excluding hydrogens is 250 g/mol. The van der Waals surface area contributed by atoms with Crippen LogP contribution in [0.3, 0.4) is 0 Å². The van der Waals surface area contributed by atoms with Crippen molar-refractivity contribution in [1.29, 1.82) is 0 Å². The van der Waals surface area contributed by atoms with E-state index in [1.54, 1.807) is 4.57 Å². The van der Waals surface area contributed by atoms with Crippen molar-refractivity contribution < 1.29 is 4.74 Å². The summed E-state index contributed by atoms with van der Waals surface area (Å²) in [6.07, 6.45) is 2.24. The molecule has 1 unspecified atom stereocenters. The minimum atomic E-state index is -0.0609. The zero-order valence-corrected chi connectivity index (χ0v) is 10.7. The van der Waals surface area contributed by atoms with Gasteiger partial charge in [0, 0.05) is 18.1 Å². The highest BCUT2D eigenvalue weighted by molar-refractivity contribution is 6.35. The highest BCUT2D eigenvalue weighted by Gasteiger charge is 2.18. The van der Waals surface area contributed by atoms with Crippen LogP contribution in [0, 0.1) is 0 Å². The lowest BCUT2D eigenvalue weighted by molar-refractivity contribution is 0.0972. The first-order valence-electron chi connectivity index (χ1n) is 6.15. The molecule has 1 aromatic heterocycles. The summed E-state index contributed by atoms with van der Waals surface area (Å²) in [4.78, 5) is 12.1. The van der Waals surface area contributed by atoms with E-state index in [1.165, 1.54) is 6.07 Å². The van der Waals surface area contributed by atoms with Gasteiger partial charge in [-0.3, -0.25) is 4.79 Å². The lowest BCUT2D eigenvalue weighted by Crippen LogP contribution is -2.26. The van der Waals surface area contributed by atoms with Crippen molar-refractivity contribution in [2.75, 3.05) is 6.61 Å². The molecule has 1 atom stereocenters. The summed E-state index contributed by atoms with van der Waals surface area (Å²) < 4.78 is 7.36. The van der Waals surface area contributed by atoms with E-state index in [-0.39, 0.29) is 11.7 Å². The number of benzene rings is 1. The van der Waals surface area contributed by atoms with Gasteiger partial charge in [-0.2, -0.15) is 0 Å². The average Bonchev–Trinajstić information content (AvgIpc) is 2.87. The maximum atomic E-state index is 12.1. The molecule has 0 spiro atoms. The zero-order chi connectivity index (χ0) is 12.5. The maximum Gasteiger partial charge on any atom is 0.252 e. The summed E-state index contributed by atoms with van der Waals surface area (Å²) in [6.45, 7) is 1.40. The molecule has 3 nitrogen and oxygen atoms in total. The Morgan fingerprint density at radius 1 is 1.39 bits per heavy atom. The second kappa shape index (κ2) is 4.75. The highest BCUT2D eigenvalue weighted by Crippen LogP contribution is 2.22. The quantitative estimate of drug-likeness (QED) is 0.834. The highest BCUT2D eigenvalue weighted by atomic mass is 35.5. The van der Waals surface area contributed by atoms with Crippen molar-refractivity contribution in [2.24, 2.45) is 0 Å². The summed E-state index contributed by atoms with van der Waals surface area (Å²) in [7, 11) is 0. The zero-order valence-electron chi connectivity index (χ0n) is 9.93. The summed E-state index contributed by atoms with van der Waals surface area (Å²) in [5.74, 6) is 0. The minimum absolute atomic E-state index is 0.0609. The van der Waals surface area contributed by atoms with Crippen LogP contribution in [0.1, 0.15) is 12.8 Å².